The summed E-state index contributed by atoms with van der Waals surface area (Å²) in [4.78, 5) is 0. The van der Waals surface area contributed by atoms with Gasteiger partial charge >= 0.3 is 0 Å². The van der Waals surface area contributed by atoms with Crippen LogP contribution < -0.4 is 0 Å². The van der Waals surface area contributed by atoms with Crippen LogP contribution >= 0.6 is 0 Å². The van der Waals surface area contributed by atoms with Gasteiger partial charge in [0.05, 0.1) is 13.2 Å². The maximum absolute atomic E-state index is 11.0. The molecular formula is C15H26O6. The predicted molar refractivity (Wildman–Crippen MR) is 75.6 cm³/mol. The van der Waals surface area contributed by atoms with E-state index in [1.807, 2.05) is 0 Å². The maximum atomic E-state index is 11.0. The Morgan fingerprint density at radius 2 is 1.67 bits per heavy atom. The molecule has 0 spiro atoms. The quantitative estimate of drug-likeness (QED) is 0.753. The Morgan fingerprint density at radius 3 is 2.05 bits per heavy atom. The third kappa shape index (κ3) is 3.16. The third-order valence-corrected chi connectivity index (χ3v) is 4.02. The summed E-state index contributed by atoms with van der Waals surface area (Å²) >= 11 is 0. The smallest absolute Gasteiger partial charge is 0.163 e. The van der Waals surface area contributed by atoms with Crippen molar-refractivity contribution in [1.29, 1.82) is 0 Å². The molecule has 6 heteroatoms. The van der Waals surface area contributed by atoms with Crippen molar-refractivity contribution >= 4 is 0 Å². The highest BCUT2D eigenvalue weighted by Crippen LogP contribution is 2.38. The minimum absolute atomic E-state index is 0.171. The SMILES string of the molecule is C=C(C)[C@@](O)([C@H](O)[C@H]1COC(C)(C)O1)[C@H]1COC(C)(C)O1. The van der Waals surface area contributed by atoms with Crippen molar-refractivity contribution in [2.75, 3.05) is 13.2 Å². The molecule has 0 aliphatic carbocycles. The van der Waals surface area contributed by atoms with Crippen LogP contribution in [0.4, 0.5) is 0 Å². The zero-order valence-corrected chi connectivity index (χ0v) is 13.4. The van der Waals surface area contributed by atoms with E-state index < -0.39 is 35.5 Å². The molecule has 2 aliphatic heterocycles. The molecule has 122 valence electrons. The van der Waals surface area contributed by atoms with E-state index in [4.69, 9.17) is 18.9 Å². The lowest BCUT2D eigenvalue weighted by molar-refractivity contribution is -0.207. The topological polar surface area (TPSA) is 77.4 Å². The zero-order valence-electron chi connectivity index (χ0n) is 13.4. The second-order valence-electron chi connectivity index (χ2n) is 6.73. The summed E-state index contributed by atoms with van der Waals surface area (Å²) in [5, 5.41) is 21.7. The van der Waals surface area contributed by atoms with E-state index in [0.717, 1.165) is 0 Å². The molecule has 4 atom stereocenters. The van der Waals surface area contributed by atoms with E-state index in [9.17, 15) is 10.2 Å². The van der Waals surface area contributed by atoms with E-state index in [0.29, 0.717) is 5.57 Å². The van der Waals surface area contributed by atoms with Gasteiger partial charge in [-0.05, 0) is 40.2 Å². The molecule has 2 N–H and O–H groups in total. The second kappa shape index (κ2) is 5.30. The Balaban J connectivity index is 2.20. The number of hydrogen-bond donors (Lipinski definition) is 2. The van der Waals surface area contributed by atoms with Crippen LogP contribution in [0.25, 0.3) is 0 Å². The molecule has 21 heavy (non-hydrogen) atoms. The standard InChI is InChI=1S/C15H26O6/c1-9(2)15(17,11-8-19-14(5,6)21-11)12(16)10-7-18-13(3,4)20-10/h10-12,16-17H,1,7-8H2,2-6H3/t10-,11-,12-,15+/m1/s1. The lowest BCUT2D eigenvalue weighted by Gasteiger charge is -2.39. The fourth-order valence-electron chi connectivity index (χ4n) is 2.78. The highest BCUT2D eigenvalue weighted by molar-refractivity contribution is 5.19. The van der Waals surface area contributed by atoms with E-state index in [2.05, 4.69) is 6.58 Å². The first-order valence-electron chi connectivity index (χ1n) is 7.18. The van der Waals surface area contributed by atoms with E-state index in [-0.39, 0.29) is 13.2 Å². The summed E-state index contributed by atoms with van der Waals surface area (Å²) in [6, 6.07) is 0. The van der Waals surface area contributed by atoms with Crippen molar-refractivity contribution in [3.8, 4) is 0 Å². The normalized spacial score (nSPS) is 35.4. The molecule has 0 aromatic carbocycles. The highest BCUT2D eigenvalue weighted by Gasteiger charge is 2.55. The van der Waals surface area contributed by atoms with Crippen molar-refractivity contribution in [2.45, 2.75) is 70.1 Å². The zero-order chi connectivity index (χ0) is 16.1. The molecule has 0 amide bonds. The van der Waals surface area contributed by atoms with Crippen LogP contribution in [0.1, 0.15) is 34.6 Å². The number of rotatable bonds is 4. The Hall–Kier alpha value is -0.500. The molecule has 0 bridgehead atoms. The fourth-order valence-corrected chi connectivity index (χ4v) is 2.78. The van der Waals surface area contributed by atoms with Gasteiger partial charge in [-0.25, -0.2) is 0 Å². The van der Waals surface area contributed by atoms with E-state index >= 15 is 0 Å². The highest BCUT2D eigenvalue weighted by atomic mass is 16.8. The largest absolute Gasteiger partial charge is 0.387 e. The van der Waals surface area contributed by atoms with Gasteiger partial charge < -0.3 is 29.2 Å². The van der Waals surface area contributed by atoms with Crippen LogP contribution in [0.2, 0.25) is 0 Å². The first-order chi connectivity index (χ1) is 9.48. The Morgan fingerprint density at radius 1 is 1.14 bits per heavy atom. The molecule has 0 unspecified atom stereocenters. The lowest BCUT2D eigenvalue weighted by atomic mass is 9.82. The predicted octanol–water partition coefficient (Wildman–Crippen LogP) is 0.957. The molecule has 0 aromatic rings. The van der Waals surface area contributed by atoms with Gasteiger partial charge in [0, 0.05) is 0 Å². The van der Waals surface area contributed by atoms with Crippen molar-refractivity contribution in [3.05, 3.63) is 12.2 Å². The summed E-state index contributed by atoms with van der Waals surface area (Å²) in [6.45, 7) is 12.9. The average molecular weight is 302 g/mol. The molecule has 0 aromatic heterocycles. The van der Waals surface area contributed by atoms with Crippen molar-refractivity contribution in [2.24, 2.45) is 0 Å². The lowest BCUT2D eigenvalue weighted by Crippen LogP contribution is -2.59. The van der Waals surface area contributed by atoms with Crippen LogP contribution in [-0.4, -0.2) is 58.9 Å². The number of aliphatic hydroxyl groups is 2. The second-order valence-corrected chi connectivity index (χ2v) is 6.73. The van der Waals surface area contributed by atoms with Crippen LogP contribution in [0, 0.1) is 0 Å². The third-order valence-electron chi connectivity index (χ3n) is 4.02. The number of hydrogen-bond acceptors (Lipinski definition) is 6. The van der Waals surface area contributed by atoms with Gasteiger partial charge in [-0.2, -0.15) is 0 Å². The Bertz CT molecular complexity index is 418. The minimum Gasteiger partial charge on any atom is -0.387 e. The summed E-state index contributed by atoms with van der Waals surface area (Å²) < 4.78 is 22.3. The first-order valence-corrected chi connectivity index (χ1v) is 7.18. The van der Waals surface area contributed by atoms with Gasteiger partial charge in [0.25, 0.3) is 0 Å². The van der Waals surface area contributed by atoms with Gasteiger partial charge in [0.1, 0.15) is 23.9 Å². The van der Waals surface area contributed by atoms with E-state index in [1.165, 1.54) is 0 Å². The summed E-state index contributed by atoms with van der Waals surface area (Å²) in [6.07, 6.45) is -2.60. The maximum Gasteiger partial charge on any atom is 0.163 e. The van der Waals surface area contributed by atoms with E-state index in [1.54, 1.807) is 34.6 Å². The van der Waals surface area contributed by atoms with Crippen molar-refractivity contribution in [1.82, 2.24) is 0 Å². The average Bonchev–Trinajstić information content (AvgIpc) is 2.89. The van der Waals surface area contributed by atoms with Crippen LogP contribution in [-0.2, 0) is 18.9 Å². The molecule has 2 heterocycles. The van der Waals surface area contributed by atoms with Crippen LogP contribution in [0.5, 0.6) is 0 Å². The minimum atomic E-state index is -1.66. The van der Waals surface area contributed by atoms with Crippen LogP contribution in [0.3, 0.4) is 0 Å². The monoisotopic (exact) mass is 302 g/mol. The molecule has 0 radical (unpaired) electrons. The Labute approximate surface area is 125 Å². The van der Waals surface area contributed by atoms with Gasteiger partial charge in [0.2, 0.25) is 0 Å². The summed E-state index contributed by atoms with van der Waals surface area (Å²) in [5.41, 5.74) is -1.27. The fraction of sp³-hybridized carbons (Fsp3) is 0.867. The van der Waals surface area contributed by atoms with Gasteiger partial charge in [-0.3, -0.25) is 0 Å². The molecule has 0 saturated carbocycles. The number of aliphatic hydroxyl groups excluding tert-OH is 1. The first kappa shape index (κ1) is 16.9. The van der Waals surface area contributed by atoms with Gasteiger partial charge in [-0.15, -0.1) is 0 Å². The molecule has 2 fully saturated rings. The van der Waals surface area contributed by atoms with Gasteiger partial charge in [0.15, 0.2) is 11.6 Å². The summed E-state index contributed by atoms with van der Waals surface area (Å²) in [7, 11) is 0. The number of ether oxygens (including phenoxy) is 4. The van der Waals surface area contributed by atoms with Crippen LogP contribution in [0.15, 0.2) is 12.2 Å². The molecule has 6 nitrogen and oxygen atoms in total. The molecule has 2 saturated heterocycles. The Kier molecular flexibility index (Phi) is 4.25. The molecular weight excluding hydrogens is 276 g/mol. The van der Waals surface area contributed by atoms with Crippen molar-refractivity contribution < 1.29 is 29.2 Å². The van der Waals surface area contributed by atoms with Crippen molar-refractivity contribution in [3.63, 3.8) is 0 Å². The molecule has 2 rings (SSSR count). The molecule has 2 aliphatic rings. The summed E-state index contributed by atoms with van der Waals surface area (Å²) in [5.74, 6) is -1.59. The van der Waals surface area contributed by atoms with Gasteiger partial charge in [-0.1, -0.05) is 6.58 Å².